The lowest BCUT2D eigenvalue weighted by Gasteiger charge is -2.28. The largest absolute Gasteiger partial charge is 0.353 e. The summed E-state index contributed by atoms with van der Waals surface area (Å²) in [6, 6.07) is 0. The van der Waals surface area contributed by atoms with Crippen molar-refractivity contribution in [2.75, 3.05) is 29.5 Å². The van der Waals surface area contributed by atoms with Crippen molar-refractivity contribution in [3.63, 3.8) is 0 Å². The van der Waals surface area contributed by atoms with Crippen molar-refractivity contribution in [2.24, 2.45) is 5.73 Å². The molecule has 7 heteroatoms. The highest BCUT2D eigenvalue weighted by Gasteiger charge is 2.23. The van der Waals surface area contributed by atoms with E-state index < -0.39 is 9.84 Å². The van der Waals surface area contributed by atoms with E-state index in [0.29, 0.717) is 31.1 Å². The molecule has 2 rings (SSSR count). The van der Waals surface area contributed by atoms with E-state index >= 15 is 0 Å². The van der Waals surface area contributed by atoms with Crippen LogP contribution in [0.5, 0.6) is 0 Å². The monoisotopic (exact) mass is 242 g/mol. The Bertz CT molecular complexity index is 460. The van der Waals surface area contributed by atoms with Gasteiger partial charge in [-0.2, -0.15) is 0 Å². The fourth-order valence-corrected chi connectivity index (χ4v) is 2.89. The van der Waals surface area contributed by atoms with E-state index in [1.165, 1.54) is 0 Å². The van der Waals surface area contributed by atoms with Crippen LogP contribution in [-0.2, 0) is 16.4 Å². The van der Waals surface area contributed by atoms with Gasteiger partial charge in [-0.3, -0.25) is 4.98 Å². The Balaban J connectivity index is 2.20. The van der Waals surface area contributed by atoms with Crippen molar-refractivity contribution in [1.82, 2.24) is 9.97 Å². The van der Waals surface area contributed by atoms with Crippen molar-refractivity contribution in [1.29, 1.82) is 0 Å². The van der Waals surface area contributed by atoms with E-state index in [1.54, 1.807) is 12.4 Å². The average Bonchev–Trinajstić information content (AvgIpc) is 2.29. The van der Waals surface area contributed by atoms with Gasteiger partial charge in [0.05, 0.1) is 17.2 Å². The molecule has 0 aromatic carbocycles. The first-order valence-corrected chi connectivity index (χ1v) is 6.90. The summed E-state index contributed by atoms with van der Waals surface area (Å²) in [6.45, 7) is 1.24. The Labute approximate surface area is 94.4 Å². The third-order valence-corrected chi connectivity index (χ3v) is 4.20. The molecular weight excluding hydrogens is 228 g/mol. The Morgan fingerprint density at radius 2 is 1.88 bits per heavy atom. The quantitative estimate of drug-likeness (QED) is 0.728. The molecule has 1 aliphatic heterocycles. The molecule has 0 unspecified atom stereocenters. The van der Waals surface area contributed by atoms with Gasteiger partial charge in [0.15, 0.2) is 15.7 Å². The molecule has 2 heterocycles. The third kappa shape index (κ3) is 2.30. The second-order valence-electron chi connectivity index (χ2n) is 3.67. The molecule has 1 aliphatic rings. The van der Waals surface area contributed by atoms with Crippen molar-refractivity contribution in [3.05, 3.63) is 18.1 Å². The van der Waals surface area contributed by atoms with Crippen molar-refractivity contribution >= 4 is 15.7 Å². The fraction of sp³-hybridized carbons (Fsp3) is 0.556. The van der Waals surface area contributed by atoms with Gasteiger partial charge in [0.25, 0.3) is 0 Å². The Kier molecular flexibility index (Phi) is 3.06. The molecular formula is C9H14N4O2S. The van der Waals surface area contributed by atoms with Crippen LogP contribution in [0.3, 0.4) is 0 Å². The second kappa shape index (κ2) is 4.34. The van der Waals surface area contributed by atoms with Crippen LogP contribution >= 0.6 is 0 Å². The maximum Gasteiger partial charge on any atom is 0.153 e. The zero-order valence-electron chi connectivity index (χ0n) is 8.83. The highest BCUT2D eigenvalue weighted by Crippen LogP contribution is 2.17. The number of rotatable bonds is 2. The van der Waals surface area contributed by atoms with E-state index in [9.17, 15) is 8.42 Å². The maximum absolute atomic E-state index is 11.3. The van der Waals surface area contributed by atoms with Gasteiger partial charge in [0, 0.05) is 32.0 Å². The number of hydrogen-bond donors (Lipinski definition) is 1. The van der Waals surface area contributed by atoms with Gasteiger partial charge in [-0.1, -0.05) is 0 Å². The molecule has 1 saturated heterocycles. The first kappa shape index (κ1) is 11.3. The van der Waals surface area contributed by atoms with Crippen molar-refractivity contribution in [2.45, 2.75) is 6.54 Å². The zero-order chi connectivity index (χ0) is 11.6. The molecule has 0 spiro atoms. The van der Waals surface area contributed by atoms with Crippen LogP contribution < -0.4 is 10.6 Å². The normalized spacial score (nSPS) is 19.7. The molecule has 0 aliphatic carbocycles. The van der Waals surface area contributed by atoms with Gasteiger partial charge in [-0.05, 0) is 0 Å². The lowest BCUT2D eigenvalue weighted by Crippen LogP contribution is -2.41. The summed E-state index contributed by atoms with van der Waals surface area (Å²) in [5.74, 6) is 1.06. The Hall–Kier alpha value is -1.21. The smallest absolute Gasteiger partial charge is 0.153 e. The first-order chi connectivity index (χ1) is 7.62. The summed E-state index contributed by atoms with van der Waals surface area (Å²) in [6.07, 6.45) is 3.18. The standard InChI is InChI=1S/C9H14N4O2S/c10-7-8-9(12-2-1-11-8)13-3-5-16(14,15)6-4-13/h1-2H,3-7,10H2. The molecule has 1 aromatic rings. The minimum Gasteiger partial charge on any atom is -0.353 e. The molecule has 1 fully saturated rings. The molecule has 0 saturated carbocycles. The van der Waals surface area contributed by atoms with Gasteiger partial charge in [-0.15, -0.1) is 0 Å². The van der Waals surface area contributed by atoms with Crippen LogP contribution in [0.25, 0.3) is 0 Å². The maximum atomic E-state index is 11.3. The molecule has 2 N–H and O–H groups in total. The van der Waals surface area contributed by atoms with Crippen LogP contribution in [0.2, 0.25) is 0 Å². The summed E-state index contributed by atoms with van der Waals surface area (Å²) in [4.78, 5) is 10.3. The molecule has 0 bridgehead atoms. The molecule has 1 aromatic heterocycles. The third-order valence-electron chi connectivity index (χ3n) is 2.59. The number of anilines is 1. The molecule has 0 amide bonds. The number of hydrogen-bond acceptors (Lipinski definition) is 6. The van der Waals surface area contributed by atoms with Crippen LogP contribution in [-0.4, -0.2) is 43.0 Å². The Morgan fingerprint density at radius 3 is 2.50 bits per heavy atom. The lowest BCUT2D eigenvalue weighted by atomic mass is 10.3. The van der Waals surface area contributed by atoms with E-state index in [1.807, 2.05) is 4.90 Å². The molecule has 0 atom stereocenters. The van der Waals surface area contributed by atoms with Crippen molar-refractivity contribution < 1.29 is 8.42 Å². The van der Waals surface area contributed by atoms with Crippen LogP contribution in [0.15, 0.2) is 12.4 Å². The first-order valence-electron chi connectivity index (χ1n) is 5.08. The fourth-order valence-electron chi connectivity index (χ4n) is 1.69. The number of nitrogens with zero attached hydrogens (tertiary/aromatic N) is 3. The Morgan fingerprint density at radius 1 is 1.25 bits per heavy atom. The number of nitrogens with two attached hydrogens (primary N) is 1. The second-order valence-corrected chi connectivity index (χ2v) is 5.97. The minimum absolute atomic E-state index is 0.174. The van der Waals surface area contributed by atoms with Crippen LogP contribution in [0.1, 0.15) is 5.69 Å². The molecule has 88 valence electrons. The van der Waals surface area contributed by atoms with E-state index in [-0.39, 0.29) is 11.5 Å². The molecule has 6 nitrogen and oxygen atoms in total. The molecule has 16 heavy (non-hydrogen) atoms. The highest BCUT2D eigenvalue weighted by atomic mass is 32.2. The summed E-state index contributed by atoms with van der Waals surface area (Å²) in [5, 5.41) is 0. The summed E-state index contributed by atoms with van der Waals surface area (Å²) >= 11 is 0. The van der Waals surface area contributed by atoms with Crippen molar-refractivity contribution in [3.8, 4) is 0 Å². The van der Waals surface area contributed by atoms with Gasteiger partial charge >= 0.3 is 0 Å². The van der Waals surface area contributed by atoms with Gasteiger partial charge in [0.1, 0.15) is 0 Å². The average molecular weight is 242 g/mol. The summed E-state index contributed by atoms with van der Waals surface area (Å²) in [7, 11) is -2.86. The summed E-state index contributed by atoms with van der Waals surface area (Å²) in [5.41, 5.74) is 6.27. The minimum atomic E-state index is -2.86. The predicted molar refractivity (Wildman–Crippen MR) is 60.8 cm³/mol. The van der Waals surface area contributed by atoms with E-state index in [0.717, 1.165) is 0 Å². The lowest BCUT2D eigenvalue weighted by molar-refractivity contribution is 0.586. The van der Waals surface area contributed by atoms with E-state index in [2.05, 4.69) is 9.97 Å². The predicted octanol–water partition coefficient (Wildman–Crippen LogP) is -0.830. The highest BCUT2D eigenvalue weighted by molar-refractivity contribution is 7.91. The number of sulfone groups is 1. The van der Waals surface area contributed by atoms with Crippen LogP contribution in [0.4, 0.5) is 5.82 Å². The van der Waals surface area contributed by atoms with Crippen LogP contribution in [0, 0.1) is 0 Å². The SMILES string of the molecule is NCc1nccnc1N1CCS(=O)(=O)CC1. The number of aromatic nitrogens is 2. The van der Waals surface area contributed by atoms with Gasteiger partial charge in [0.2, 0.25) is 0 Å². The summed E-state index contributed by atoms with van der Waals surface area (Å²) < 4.78 is 22.6. The van der Waals surface area contributed by atoms with Gasteiger partial charge in [-0.25, -0.2) is 13.4 Å². The molecule has 0 radical (unpaired) electrons. The zero-order valence-corrected chi connectivity index (χ0v) is 9.65. The van der Waals surface area contributed by atoms with Gasteiger partial charge < -0.3 is 10.6 Å². The van der Waals surface area contributed by atoms with E-state index in [4.69, 9.17) is 5.73 Å². The topological polar surface area (TPSA) is 89.2 Å².